The average Bonchev–Trinajstić information content (AvgIpc) is 3.02. The van der Waals surface area contributed by atoms with Crippen LogP contribution in [0.2, 0.25) is 0 Å². The molecule has 3 rings (SSSR count). The van der Waals surface area contributed by atoms with E-state index in [1.54, 1.807) is 13.0 Å². The molecule has 6 nitrogen and oxygen atoms in total. The average molecular weight is 354 g/mol. The highest BCUT2D eigenvalue weighted by Crippen LogP contribution is 2.29. The smallest absolute Gasteiger partial charge is 0.361 e. The van der Waals surface area contributed by atoms with Crippen LogP contribution in [0.25, 0.3) is 0 Å². The van der Waals surface area contributed by atoms with E-state index in [9.17, 15) is 18.0 Å². The van der Waals surface area contributed by atoms with Gasteiger partial charge in [-0.2, -0.15) is 13.2 Å². The van der Waals surface area contributed by atoms with Crippen LogP contribution in [0.15, 0.2) is 28.9 Å². The van der Waals surface area contributed by atoms with Crippen molar-refractivity contribution in [1.29, 1.82) is 0 Å². The second kappa shape index (κ2) is 6.73. The van der Waals surface area contributed by atoms with E-state index in [0.717, 1.165) is 12.3 Å². The molecule has 1 N–H and O–H groups in total. The van der Waals surface area contributed by atoms with Gasteiger partial charge in [0.2, 0.25) is 0 Å². The van der Waals surface area contributed by atoms with Gasteiger partial charge in [-0.25, -0.2) is 4.98 Å². The minimum atomic E-state index is -4.39. The van der Waals surface area contributed by atoms with Crippen LogP contribution >= 0.6 is 0 Å². The molecule has 0 spiro atoms. The summed E-state index contributed by atoms with van der Waals surface area (Å²) in [6.07, 6.45) is -2.20. The van der Waals surface area contributed by atoms with E-state index in [2.05, 4.69) is 15.5 Å². The molecule has 1 aliphatic heterocycles. The zero-order valence-corrected chi connectivity index (χ0v) is 13.5. The maximum Gasteiger partial charge on any atom is 0.417 e. The molecule has 2 aromatic rings. The monoisotopic (exact) mass is 354 g/mol. The van der Waals surface area contributed by atoms with Gasteiger partial charge in [0.15, 0.2) is 5.69 Å². The first kappa shape index (κ1) is 17.2. The molecule has 0 saturated carbocycles. The van der Waals surface area contributed by atoms with Gasteiger partial charge in [-0.3, -0.25) is 4.79 Å². The van der Waals surface area contributed by atoms with E-state index < -0.39 is 11.7 Å². The second-order valence-corrected chi connectivity index (χ2v) is 5.96. The summed E-state index contributed by atoms with van der Waals surface area (Å²) in [5.74, 6) is 0.779. The number of alkyl halides is 3. The van der Waals surface area contributed by atoms with E-state index in [-0.39, 0.29) is 17.6 Å². The van der Waals surface area contributed by atoms with Crippen LogP contribution in [0, 0.1) is 6.92 Å². The lowest BCUT2D eigenvalue weighted by molar-refractivity contribution is -0.137. The Labute approximate surface area is 142 Å². The summed E-state index contributed by atoms with van der Waals surface area (Å²) in [5.41, 5.74) is -0.523. The molecule has 1 amide bonds. The lowest BCUT2D eigenvalue weighted by Gasteiger charge is -2.33. The molecule has 2 aromatic heterocycles. The third-order valence-corrected chi connectivity index (χ3v) is 4.09. The fraction of sp³-hybridized carbons (Fsp3) is 0.438. The first-order valence-electron chi connectivity index (χ1n) is 7.85. The molecule has 0 unspecified atom stereocenters. The number of nitrogens with one attached hydrogen (secondary N) is 1. The van der Waals surface area contributed by atoms with Crippen molar-refractivity contribution in [3.05, 3.63) is 41.4 Å². The summed E-state index contributed by atoms with van der Waals surface area (Å²) in [7, 11) is 0. The molecular weight excluding hydrogens is 337 g/mol. The number of aromatic nitrogens is 2. The van der Waals surface area contributed by atoms with Gasteiger partial charge in [-0.15, -0.1) is 0 Å². The maximum atomic E-state index is 12.6. The van der Waals surface area contributed by atoms with Crippen molar-refractivity contribution in [3.8, 4) is 0 Å². The lowest BCUT2D eigenvalue weighted by Crippen LogP contribution is -2.45. The summed E-state index contributed by atoms with van der Waals surface area (Å²) in [5, 5.41) is 6.56. The third kappa shape index (κ3) is 4.09. The number of carbonyl (C=O) groups is 1. The number of piperidine rings is 1. The van der Waals surface area contributed by atoms with Crippen LogP contribution < -0.4 is 10.2 Å². The quantitative estimate of drug-likeness (QED) is 0.918. The molecule has 1 aliphatic rings. The van der Waals surface area contributed by atoms with E-state index in [1.807, 2.05) is 4.90 Å². The number of hydrogen-bond donors (Lipinski definition) is 1. The van der Waals surface area contributed by atoms with Gasteiger partial charge in [-0.05, 0) is 31.9 Å². The first-order valence-corrected chi connectivity index (χ1v) is 7.85. The fourth-order valence-corrected chi connectivity index (χ4v) is 2.73. The van der Waals surface area contributed by atoms with Crippen LogP contribution in [-0.2, 0) is 6.18 Å². The van der Waals surface area contributed by atoms with E-state index in [4.69, 9.17) is 4.52 Å². The highest BCUT2D eigenvalue weighted by atomic mass is 19.4. The summed E-state index contributed by atoms with van der Waals surface area (Å²) in [6, 6.07) is 3.95. The van der Waals surface area contributed by atoms with E-state index >= 15 is 0 Å². The molecule has 1 fully saturated rings. The second-order valence-electron chi connectivity index (χ2n) is 5.96. The van der Waals surface area contributed by atoms with Crippen molar-refractivity contribution in [3.63, 3.8) is 0 Å². The predicted molar refractivity (Wildman–Crippen MR) is 83.2 cm³/mol. The summed E-state index contributed by atoms with van der Waals surface area (Å²) >= 11 is 0. The van der Waals surface area contributed by atoms with Crippen molar-refractivity contribution >= 4 is 11.7 Å². The number of halogens is 3. The molecule has 0 atom stereocenters. The normalized spacial score (nSPS) is 16.1. The van der Waals surface area contributed by atoms with Gasteiger partial charge in [0.05, 0.1) is 5.56 Å². The zero-order chi connectivity index (χ0) is 18.0. The summed E-state index contributed by atoms with van der Waals surface area (Å²) in [6.45, 7) is 2.90. The zero-order valence-electron chi connectivity index (χ0n) is 13.5. The molecule has 0 bridgehead atoms. The van der Waals surface area contributed by atoms with Crippen LogP contribution in [-0.4, -0.2) is 35.2 Å². The Morgan fingerprint density at radius 3 is 2.56 bits per heavy atom. The summed E-state index contributed by atoms with van der Waals surface area (Å²) < 4.78 is 42.6. The van der Waals surface area contributed by atoms with Gasteiger partial charge in [0, 0.05) is 31.4 Å². The number of hydrogen-bond acceptors (Lipinski definition) is 5. The highest BCUT2D eigenvalue weighted by molar-refractivity contribution is 5.92. The fourth-order valence-electron chi connectivity index (χ4n) is 2.73. The standard InChI is InChI=1S/C16H17F3N4O2/c1-10-8-13(22-25-10)15(24)21-12-4-6-23(7-5-12)14-3-2-11(9-20-14)16(17,18)19/h2-3,8-9,12H,4-7H2,1H3,(H,21,24). The number of nitrogens with zero attached hydrogens (tertiary/aromatic N) is 3. The largest absolute Gasteiger partial charge is 0.417 e. The minimum Gasteiger partial charge on any atom is -0.361 e. The van der Waals surface area contributed by atoms with Crippen LogP contribution in [0.5, 0.6) is 0 Å². The first-order chi connectivity index (χ1) is 11.8. The van der Waals surface area contributed by atoms with Gasteiger partial charge >= 0.3 is 6.18 Å². The Balaban J connectivity index is 1.54. The predicted octanol–water partition coefficient (Wildman–Crippen LogP) is 2.80. The maximum absolute atomic E-state index is 12.6. The van der Waals surface area contributed by atoms with Crippen LogP contribution in [0.4, 0.5) is 19.0 Å². The van der Waals surface area contributed by atoms with Crippen LogP contribution in [0.3, 0.4) is 0 Å². The molecule has 1 saturated heterocycles. The Morgan fingerprint density at radius 1 is 1.32 bits per heavy atom. The number of aryl methyl sites for hydroxylation is 1. The Morgan fingerprint density at radius 2 is 2.04 bits per heavy atom. The van der Waals surface area contributed by atoms with Crippen molar-refractivity contribution in [2.75, 3.05) is 18.0 Å². The number of rotatable bonds is 3. The number of amides is 1. The molecular formula is C16H17F3N4O2. The summed E-state index contributed by atoms with van der Waals surface area (Å²) in [4.78, 5) is 17.9. The van der Waals surface area contributed by atoms with Gasteiger partial charge < -0.3 is 14.7 Å². The highest BCUT2D eigenvalue weighted by Gasteiger charge is 2.31. The van der Waals surface area contributed by atoms with Gasteiger partial charge in [0.25, 0.3) is 5.91 Å². The minimum absolute atomic E-state index is 0.0183. The molecule has 134 valence electrons. The Kier molecular flexibility index (Phi) is 4.65. The van der Waals surface area contributed by atoms with Crippen molar-refractivity contribution in [2.45, 2.75) is 32.0 Å². The van der Waals surface area contributed by atoms with Crippen molar-refractivity contribution in [2.24, 2.45) is 0 Å². The molecule has 25 heavy (non-hydrogen) atoms. The molecule has 0 aromatic carbocycles. The van der Waals surface area contributed by atoms with E-state index in [1.165, 1.54) is 6.07 Å². The molecule has 0 aliphatic carbocycles. The number of carbonyl (C=O) groups excluding carboxylic acids is 1. The number of pyridine rings is 1. The SMILES string of the molecule is Cc1cc(C(=O)NC2CCN(c3ccc(C(F)(F)F)cn3)CC2)no1. The van der Waals surface area contributed by atoms with Crippen molar-refractivity contribution < 1.29 is 22.5 Å². The van der Waals surface area contributed by atoms with E-state index in [0.29, 0.717) is 37.5 Å². The molecule has 9 heteroatoms. The van der Waals surface area contributed by atoms with Gasteiger partial charge in [0.1, 0.15) is 11.6 Å². The number of anilines is 1. The molecule has 0 radical (unpaired) electrons. The lowest BCUT2D eigenvalue weighted by atomic mass is 10.0. The van der Waals surface area contributed by atoms with Crippen molar-refractivity contribution in [1.82, 2.24) is 15.5 Å². The van der Waals surface area contributed by atoms with Gasteiger partial charge in [-0.1, -0.05) is 5.16 Å². The Bertz CT molecular complexity index is 735. The molecule has 3 heterocycles. The third-order valence-electron chi connectivity index (χ3n) is 4.09. The van der Waals surface area contributed by atoms with Crippen LogP contribution in [0.1, 0.15) is 34.7 Å². The topological polar surface area (TPSA) is 71.3 Å². The Hall–Kier alpha value is -2.58.